The van der Waals surface area contributed by atoms with Gasteiger partial charge in [-0.15, -0.1) is 0 Å². The van der Waals surface area contributed by atoms with E-state index < -0.39 is 24.0 Å². The van der Waals surface area contributed by atoms with Crippen molar-refractivity contribution in [3.63, 3.8) is 0 Å². The van der Waals surface area contributed by atoms with Crippen LogP contribution in [0.5, 0.6) is 11.5 Å². The van der Waals surface area contributed by atoms with Gasteiger partial charge in [0.15, 0.2) is 36.4 Å². The number of rotatable bonds is 9. The topological polar surface area (TPSA) is 98.1 Å². The number of halogens is 2. The number of furan rings is 1. The van der Waals surface area contributed by atoms with Crippen molar-refractivity contribution in [1.82, 2.24) is 5.32 Å². The Morgan fingerprint density at radius 2 is 1.92 bits per heavy atom. The summed E-state index contributed by atoms with van der Waals surface area (Å²) in [5.74, 6) is -2.34. The summed E-state index contributed by atoms with van der Waals surface area (Å²) in [6, 6.07) is 10.7. The monoisotopic (exact) mass is 498 g/mol. The molecule has 0 spiro atoms. The summed E-state index contributed by atoms with van der Waals surface area (Å²) in [4.78, 5) is 39.0. The number of benzene rings is 2. The molecule has 0 aliphatic carbocycles. The summed E-state index contributed by atoms with van der Waals surface area (Å²) in [5.41, 5.74) is 0.583. The number of hydrogen-bond acceptors (Lipinski definition) is 6. The molecule has 3 aromatic rings. The highest BCUT2D eigenvalue weighted by molar-refractivity contribution is 6.02. The van der Waals surface area contributed by atoms with E-state index in [4.69, 9.17) is 13.9 Å². The lowest BCUT2D eigenvalue weighted by atomic mass is 10.1. The molecule has 2 aromatic carbocycles. The molecule has 1 aliphatic heterocycles. The molecule has 2 amide bonds. The summed E-state index contributed by atoms with van der Waals surface area (Å²) in [5, 5.41) is 2.81. The van der Waals surface area contributed by atoms with E-state index in [0.717, 1.165) is 18.6 Å². The van der Waals surface area contributed by atoms with E-state index in [9.17, 15) is 23.2 Å². The maximum Gasteiger partial charge on any atom is 0.287 e. The van der Waals surface area contributed by atoms with Crippen molar-refractivity contribution in [2.24, 2.45) is 0 Å². The molecule has 8 nitrogen and oxygen atoms in total. The number of nitrogens with zero attached hydrogens (tertiary/aromatic N) is 1. The molecule has 0 fully saturated rings. The molecule has 1 N–H and O–H groups in total. The molecule has 10 heteroatoms. The van der Waals surface area contributed by atoms with Crippen LogP contribution in [0.15, 0.2) is 52.9 Å². The minimum Gasteiger partial charge on any atom is -0.485 e. The quantitative estimate of drug-likeness (QED) is 0.443. The van der Waals surface area contributed by atoms with Gasteiger partial charge >= 0.3 is 0 Å². The average molecular weight is 498 g/mol. The number of hydrogen-bond donors (Lipinski definition) is 1. The maximum atomic E-state index is 13.4. The SMILES string of the molecule is CC[C@@H](C)NC(=O)c1ccc(CN2C(=O)COc3ccc(C(=O)COc4ccc(F)c(F)c4)cc32)o1. The summed E-state index contributed by atoms with van der Waals surface area (Å²) >= 11 is 0. The summed E-state index contributed by atoms with van der Waals surface area (Å²) in [7, 11) is 0. The lowest BCUT2D eigenvalue weighted by molar-refractivity contribution is -0.121. The van der Waals surface area contributed by atoms with Gasteiger partial charge in [0.05, 0.1) is 12.2 Å². The molecule has 0 radical (unpaired) electrons. The zero-order chi connectivity index (χ0) is 25.8. The highest BCUT2D eigenvalue weighted by Crippen LogP contribution is 2.34. The Hall–Kier alpha value is -4.21. The molecule has 0 saturated carbocycles. The van der Waals surface area contributed by atoms with Crippen molar-refractivity contribution < 1.29 is 37.1 Å². The van der Waals surface area contributed by atoms with Gasteiger partial charge in [0, 0.05) is 17.7 Å². The number of Topliss-reactive ketones (excluding diaryl/α,β-unsaturated/α-hetero) is 1. The Morgan fingerprint density at radius 1 is 1.11 bits per heavy atom. The summed E-state index contributed by atoms with van der Waals surface area (Å²) in [6.45, 7) is 3.24. The van der Waals surface area contributed by atoms with Crippen LogP contribution in [0, 0.1) is 11.6 Å². The highest BCUT2D eigenvalue weighted by atomic mass is 19.2. The van der Waals surface area contributed by atoms with Crippen molar-refractivity contribution in [2.45, 2.75) is 32.9 Å². The van der Waals surface area contributed by atoms with E-state index in [1.54, 1.807) is 12.1 Å². The fraction of sp³-hybridized carbons (Fsp3) is 0.269. The molecule has 2 heterocycles. The van der Waals surface area contributed by atoms with Gasteiger partial charge in [0.25, 0.3) is 11.8 Å². The highest BCUT2D eigenvalue weighted by Gasteiger charge is 2.28. The van der Waals surface area contributed by atoms with Crippen LogP contribution in [-0.4, -0.2) is 36.9 Å². The van der Waals surface area contributed by atoms with Gasteiger partial charge in [-0.1, -0.05) is 6.92 Å². The predicted octanol–water partition coefficient (Wildman–Crippen LogP) is 4.27. The molecular weight excluding hydrogens is 474 g/mol. The Balaban J connectivity index is 1.49. The minimum absolute atomic E-state index is 0.00587. The number of ketones is 1. The molecular formula is C26H24F2N2O6. The minimum atomic E-state index is -1.08. The second-order valence-electron chi connectivity index (χ2n) is 8.29. The van der Waals surface area contributed by atoms with Crippen molar-refractivity contribution in [3.8, 4) is 11.5 Å². The first kappa shape index (κ1) is 24.9. The average Bonchev–Trinajstić information content (AvgIpc) is 3.34. The molecule has 0 unspecified atom stereocenters. The molecule has 1 aliphatic rings. The lowest BCUT2D eigenvalue weighted by Gasteiger charge is -2.29. The van der Waals surface area contributed by atoms with Crippen LogP contribution in [0.4, 0.5) is 14.5 Å². The van der Waals surface area contributed by atoms with Crippen molar-refractivity contribution in [2.75, 3.05) is 18.1 Å². The third-order valence-corrected chi connectivity index (χ3v) is 5.67. The molecule has 1 aromatic heterocycles. The number of amides is 2. The second-order valence-corrected chi connectivity index (χ2v) is 8.29. The van der Waals surface area contributed by atoms with Crippen LogP contribution in [0.2, 0.25) is 0 Å². The maximum absolute atomic E-state index is 13.4. The fourth-order valence-electron chi connectivity index (χ4n) is 3.49. The lowest BCUT2D eigenvalue weighted by Crippen LogP contribution is -2.38. The molecule has 188 valence electrons. The first-order valence-corrected chi connectivity index (χ1v) is 11.3. The van der Waals surface area contributed by atoms with Gasteiger partial charge in [-0.2, -0.15) is 0 Å². The standard InChI is InChI=1S/C26H24F2N2O6/c1-3-15(2)29-26(33)24-9-6-18(36-24)12-30-21-10-16(4-8-23(21)35-14-25(30)32)22(31)13-34-17-5-7-19(27)20(28)11-17/h4-11,15H,3,12-14H2,1-2H3,(H,29,33)/t15-/m1/s1. The van der Waals surface area contributed by atoms with E-state index in [1.165, 1.54) is 29.2 Å². The first-order valence-electron chi connectivity index (χ1n) is 11.3. The van der Waals surface area contributed by atoms with E-state index in [-0.39, 0.29) is 48.1 Å². The summed E-state index contributed by atoms with van der Waals surface area (Å²) in [6.07, 6.45) is 0.769. The number of nitrogens with one attached hydrogen (secondary N) is 1. The van der Waals surface area contributed by atoms with Gasteiger partial charge in [-0.05, 0) is 55.8 Å². The number of ether oxygens (including phenoxy) is 2. The van der Waals surface area contributed by atoms with Gasteiger partial charge in [-0.25, -0.2) is 8.78 Å². The largest absolute Gasteiger partial charge is 0.485 e. The molecule has 0 bridgehead atoms. The fourth-order valence-corrected chi connectivity index (χ4v) is 3.49. The number of anilines is 1. The van der Waals surface area contributed by atoms with Crippen LogP contribution in [-0.2, 0) is 11.3 Å². The van der Waals surface area contributed by atoms with E-state index in [0.29, 0.717) is 17.2 Å². The van der Waals surface area contributed by atoms with Crippen LogP contribution >= 0.6 is 0 Å². The molecule has 1 atom stereocenters. The Labute approximate surface area is 205 Å². The second kappa shape index (κ2) is 10.6. The number of carbonyl (C=O) groups excluding carboxylic acids is 3. The van der Waals surface area contributed by atoms with E-state index in [2.05, 4.69) is 5.32 Å². The van der Waals surface area contributed by atoms with Crippen LogP contribution in [0.1, 0.15) is 46.9 Å². The van der Waals surface area contributed by atoms with Crippen molar-refractivity contribution in [1.29, 1.82) is 0 Å². The van der Waals surface area contributed by atoms with Gasteiger partial charge in [0.1, 0.15) is 17.3 Å². The zero-order valence-corrected chi connectivity index (χ0v) is 19.7. The number of carbonyl (C=O) groups is 3. The van der Waals surface area contributed by atoms with Crippen LogP contribution in [0.3, 0.4) is 0 Å². The predicted molar refractivity (Wildman–Crippen MR) is 125 cm³/mol. The summed E-state index contributed by atoms with van der Waals surface area (Å²) < 4.78 is 42.9. The van der Waals surface area contributed by atoms with Crippen molar-refractivity contribution in [3.05, 3.63) is 77.2 Å². The molecule has 36 heavy (non-hydrogen) atoms. The Morgan fingerprint density at radius 3 is 2.67 bits per heavy atom. The molecule has 4 rings (SSSR count). The third-order valence-electron chi connectivity index (χ3n) is 5.67. The van der Waals surface area contributed by atoms with Gasteiger partial charge in [0.2, 0.25) is 0 Å². The van der Waals surface area contributed by atoms with Gasteiger partial charge in [-0.3, -0.25) is 19.3 Å². The van der Waals surface area contributed by atoms with Crippen molar-refractivity contribution >= 4 is 23.3 Å². The van der Waals surface area contributed by atoms with E-state index >= 15 is 0 Å². The van der Waals surface area contributed by atoms with E-state index in [1.807, 2.05) is 13.8 Å². The molecule has 0 saturated heterocycles. The Kier molecular flexibility index (Phi) is 7.33. The zero-order valence-electron chi connectivity index (χ0n) is 19.7. The third kappa shape index (κ3) is 5.54. The number of fused-ring (bicyclic) bond motifs is 1. The normalized spacial score (nSPS) is 13.6. The van der Waals surface area contributed by atoms with Crippen LogP contribution < -0.4 is 19.7 Å². The van der Waals surface area contributed by atoms with Crippen LogP contribution in [0.25, 0.3) is 0 Å². The smallest absolute Gasteiger partial charge is 0.287 e. The van der Waals surface area contributed by atoms with Gasteiger partial charge < -0.3 is 19.2 Å². The first-order chi connectivity index (χ1) is 17.2. The Bertz CT molecular complexity index is 1310.